The maximum absolute atomic E-state index is 5.77. The number of rotatable bonds is 6. The van der Waals surface area contributed by atoms with Crippen LogP contribution in [0.3, 0.4) is 0 Å². The number of benzene rings is 1. The summed E-state index contributed by atoms with van der Waals surface area (Å²) in [6.45, 7) is 3.02. The molecule has 0 aliphatic rings. The lowest BCUT2D eigenvalue weighted by atomic mass is 10.2. The summed E-state index contributed by atoms with van der Waals surface area (Å²) in [5.41, 5.74) is 5.08. The van der Waals surface area contributed by atoms with E-state index in [-0.39, 0.29) is 0 Å². The molecule has 4 nitrogen and oxygen atoms in total. The van der Waals surface area contributed by atoms with Gasteiger partial charge >= 0.3 is 0 Å². The van der Waals surface area contributed by atoms with Crippen LogP contribution in [0.4, 0.5) is 0 Å². The van der Waals surface area contributed by atoms with Crippen LogP contribution in [0.15, 0.2) is 42.5 Å². The number of nitrogens with zero attached hydrogens (tertiary/aromatic N) is 2. The number of fused-ring (bicyclic) bond motifs is 1. The van der Waals surface area contributed by atoms with E-state index in [0.29, 0.717) is 13.2 Å². The first-order chi connectivity index (χ1) is 11.2. The first-order valence-corrected chi connectivity index (χ1v) is 7.82. The number of thiocarbonyl (C=S) groups is 1. The first kappa shape index (κ1) is 15.6. The Balaban J connectivity index is 1.69. The highest BCUT2D eigenvalue weighted by molar-refractivity contribution is 7.79. The Kier molecular flexibility index (Phi) is 4.69. The standard InChI is InChI=1S/C18H18N2O2S/c1-13-3-6-15(12-23)18-9-16(19-20(13)18)11-22-10-14-4-7-17(21-2)8-5-14/h3-9,12H,10-11H2,1-2H3. The van der Waals surface area contributed by atoms with Crippen molar-refractivity contribution in [2.24, 2.45) is 0 Å². The van der Waals surface area contributed by atoms with E-state index in [1.54, 1.807) is 12.5 Å². The third kappa shape index (κ3) is 3.41. The molecule has 0 aliphatic heterocycles. The van der Waals surface area contributed by atoms with Crippen LogP contribution in [0, 0.1) is 6.92 Å². The molecule has 0 aliphatic carbocycles. The fourth-order valence-electron chi connectivity index (χ4n) is 2.44. The molecule has 0 spiro atoms. The summed E-state index contributed by atoms with van der Waals surface area (Å²) in [5.74, 6) is 0.845. The summed E-state index contributed by atoms with van der Waals surface area (Å²) in [4.78, 5) is 0. The Morgan fingerprint density at radius 1 is 1.13 bits per heavy atom. The van der Waals surface area contributed by atoms with Crippen LogP contribution in [0.1, 0.15) is 22.5 Å². The number of pyridine rings is 1. The van der Waals surface area contributed by atoms with Gasteiger partial charge in [0, 0.05) is 16.6 Å². The summed E-state index contributed by atoms with van der Waals surface area (Å²) in [5, 5.41) is 6.26. The largest absolute Gasteiger partial charge is 0.497 e. The minimum atomic E-state index is 0.462. The topological polar surface area (TPSA) is 35.8 Å². The van der Waals surface area contributed by atoms with Crippen molar-refractivity contribution in [1.82, 2.24) is 9.61 Å². The summed E-state index contributed by atoms with van der Waals surface area (Å²) in [6.07, 6.45) is 0. The minimum absolute atomic E-state index is 0.462. The molecule has 0 unspecified atom stereocenters. The molecule has 0 saturated carbocycles. The Labute approximate surface area is 140 Å². The van der Waals surface area contributed by atoms with Crippen molar-refractivity contribution in [2.45, 2.75) is 20.1 Å². The van der Waals surface area contributed by atoms with Crippen LogP contribution >= 0.6 is 12.2 Å². The van der Waals surface area contributed by atoms with E-state index < -0.39 is 0 Å². The molecule has 5 heteroatoms. The van der Waals surface area contributed by atoms with E-state index in [2.05, 4.69) is 5.10 Å². The van der Waals surface area contributed by atoms with Gasteiger partial charge in [-0.2, -0.15) is 5.10 Å². The SMILES string of the molecule is COc1ccc(COCc2cc3c(C=S)ccc(C)n3n2)cc1. The van der Waals surface area contributed by atoms with Crippen LogP contribution in [0.2, 0.25) is 0 Å². The number of hydrogen-bond donors (Lipinski definition) is 0. The quantitative estimate of drug-likeness (QED) is 0.647. The Morgan fingerprint density at radius 2 is 1.91 bits per heavy atom. The van der Waals surface area contributed by atoms with Gasteiger partial charge in [-0.1, -0.05) is 30.4 Å². The molecular weight excluding hydrogens is 308 g/mol. The van der Waals surface area contributed by atoms with Gasteiger partial charge in [-0.3, -0.25) is 0 Å². The number of aromatic nitrogens is 2. The van der Waals surface area contributed by atoms with Crippen molar-refractivity contribution < 1.29 is 9.47 Å². The van der Waals surface area contributed by atoms with Crippen molar-refractivity contribution in [3.05, 3.63) is 65.0 Å². The molecule has 0 amide bonds. The zero-order chi connectivity index (χ0) is 16.2. The van der Waals surface area contributed by atoms with Gasteiger partial charge in [0.1, 0.15) is 5.75 Å². The maximum atomic E-state index is 5.77. The predicted molar refractivity (Wildman–Crippen MR) is 94.2 cm³/mol. The molecule has 2 aromatic heterocycles. The molecule has 1 aromatic carbocycles. The fraction of sp³-hybridized carbons (Fsp3) is 0.222. The summed E-state index contributed by atoms with van der Waals surface area (Å²) >= 11 is 5.06. The van der Waals surface area contributed by atoms with Crippen molar-refractivity contribution >= 4 is 23.1 Å². The van der Waals surface area contributed by atoms with E-state index in [4.69, 9.17) is 21.7 Å². The summed E-state index contributed by atoms with van der Waals surface area (Å²) in [6, 6.07) is 13.9. The van der Waals surface area contributed by atoms with E-state index >= 15 is 0 Å². The van der Waals surface area contributed by atoms with Crippen LogP contribution < -0.4 is 4.74 Å². The predicted octanol–water partition coefficient (Wildman–Crippen LogP) is 3.72. The van der Waals surface area contributed by atoms with Crippen LogP contribution in [0.5, 0.6) is 5.75 Å². The zero-order valence-electron chi connectivity index (χ0n) is 13.2. The monoisotopic (exact) mass is 326 g/mol. The molecule has 0 bridgehead atoms. The van der Waals surface area contributed by atoms with E-state index in [1.807, 2.05) is 53.9 Å². The Hall–Kier alpha value is -2.24. The Bertz CT molecular complexity index is 825. The Morgan fingerprint density at radius 3 is 2.61 bits per heavy atom. The van der Waals surface area contributed by atoms with Gasteiger partial charge in [-0.05, 0) is 36.8 Å². The second kappa shape index (κ2) is 6.89. The van der Waals surface area contributed by atoms with Crippen molar-refractivity contribution in [1.29, 1.82) is 0 Å². The van der Waals surface area contributed by atoms with Gasteiger partial charge in [0.2, 0.25) is 0 Å². The van der Waals surface area contributed by atoms with E-state index in [1.165, 1.54) is 0 Å². The molecule has 23 heavy (non-hydrogen) atoms. The van der Waals surface area contributed by atoms with Gasteiger partial charge in [0.25, 0.3) is 0 Å². The van der Waals surface area contributed by atoms with Gasteiger partial charge in [-0.25, -0.2) is 4.52 Å². The molecule has 0 radical (unpaired) electrons. The lowest BCUT2D eigenvalue weighted by Crippen LogP contribution is -1.98. The minimum Gasteiger partial charge on any atom is -0.497 e. The second-order valence-corrected chi connectivity index (χ2v) is 5.56. The second-order valence-electron chi connectivity index (χ2n) is 5.32. The highest BCUT2D eigenvalue weighted by Gasteiger charge is 2.07. The average Bonchev–Trinajstić information content (AvgIpc) is 3.01. The van der Waals surface area contributed by atoms with E-state index in [9.17, 15) is 0 Å². The summed E-state index contributed by atoms with van der Waals surface area (Å²) in [7, 11) is 1.66. The third-order valence-corrected chi connectivity index (χ3v) is 3.95. The average molecular weight is 326 g/mol. The number of hydrogen-bond acceptors (Lipinski definition) is 4. The summed E-state index contributed by atoms with van der Waals surface area (Å²) < 4.78 is 12.8. The molecule has 0 fully saturated rings. The highest BCUT2D eigenvalue weighted by atomic mass is 32.1. The molecule has 0 N–H and O–H groups in total. The number of ether oxygens (including phenoxy) is 2. The third-order valence-electron chi connectivity index (χ3n) is 3.70. The van der Waals surface area contributed by atoms with Crippen molar-refractivity contribution in [3.63, 3.8) is 0 Å². The lowest BCUT2D eigenvalue weighted by molar-refractivity contribution is 0.104. The first-order valence-electron chi connectivity index (χ1n) is 7.35. The van der Waals surface area contributed by atoms with Crippen LogP contribution in [0.25, 0.3) is 5.52 Å². The molecule has 0 saturated heterocycles. The van der Waals surface area contributed by atoms with E-state index in [0.717, 1.165) is 33.8 Å². The van der Waals surface area contributed by atoms with Crippen molar-refractivity contribution in [3.8, 4) is 5.75 Å². The fourth-order valence-corrected chi connectivity index (χ4v) is 2.64. The normalized spacial score (nSPS) is 10.9. The molecule has 2 heterocycles. The number of aryl methyl sites for hydroxylation is 1. The molecule has 3 aromatic rings. The molecule has 3 rings (SSSR count). The van der Waals surface area contributed by atoms with Gasteiger partial charge in [-0.15, -0.1) is 0 Å². The maximum Gasteiger partial charge on any atom is 0.118 e. The van der Waals surface area contributed by atoms with Crippen LogP contribution in [-0.2, 0) is 18.0 Å². The van der Waals surface area contributed by atoms with Gasteiger partial charge in [0.05, 0.1) is 31.5 Å². The van der Waals surface area contributed by atoms with Gasteiger partial charge < -0.3 is 9.47 Å². The zero-order valence-corrected chi connectivity index (χ0v) is 14.0. The molecule has 118 valence electrons. The molecule has 0 atom stereocenters. The molecular formula is C18H18N2O2S. The smallest absolute Gasteiger partial charge is 0.118 e. The highest BCUT2D eigenvalue weighted by Crippen LogP contribution is 2.16. The lowest BCUT2D eigenvalue weighted by Gasteiger charge is -2.04. The van der Waals surface area contributed by atoms with Crippen molar-refractivity contribution in [2.75, 3.05) is 7.11 Å². The van der Waals surface area contributed by atoms with Gasteiger partial charge in [0.15, 0.2) is 0 Å². The number of methoxy groups -OCH3 is 1. The van der Waals surface area contributed by atoms with Crippen LogP contribution in [-0.4, -0.2) is 22.1 Å².